The van der Waals surface area contributed by atoms with E-state index < -0.39 is 0 Å². The average molecular weight is 261 g/mol. The largest absolute Gasteiger partial charge is 0.309 e. The van der Waals surface area contributed by atoms with E-state index in [9.17, 15) is 0 Å². The second-order valence-electron chi connectivity index (χ2n) is 4.48. The van der Waals surface area contributed by atoms with E-state index in [1.165, 1.54) is 16.7 Å². The topological polar surface area (TPSA) is 24.9 Å². The molecule has 94 valence electrons. The zero-order valence-electron chi connectivity index (χ0n) is 10.9. The van der Waals surface area contributed by atoms with Crippen LogP contribution in [0, 0.1) is 13.8 Å². The van der Waals surface area contributed by atoms with E-state index in [0.29, 0.717) is 5.02 Å². The van der Waals surface area contributed by atoms with Crippen molar-refractivity contribution in [2.75, 3.05) is 7.05 Å². The summed E-state index contributed by atoms with van der Waals surface area (Å²) in [5.74, 6) is 0. The Morgan fingerprint density at radius 3 is 2.61 bits per heavy atom. The number of hydrogen-bond donors (Lipinski definition) is 1. The lowest BCUT2D eigenvalue weighted by molar-refractivity contribution is 0.686. The fourth-order valence-corrected chi connectivity index (χ4v) is 2.40. The summed E-state index contributed by atoms with van der Waals surface area (Å²) in [6, 6.07) is 8.53. The lowest BCUT2D eigenvalue weighted by Crippen LogP contribution is -2.19. The lowest BCUT2D eigenvalue weighted by atomic mass is 9.94. The van der Waals surface area contributed by atoms with Crippen LogP contribution in [0.2, 0.25) is 5.02 Å². The molecule has 0 amide bonds. The van der Waals surface area contributed by atoms with Gasteiger partial charge in [-0.3, -0.25) is 4.98 Å². The van der Waals surface area contributed by atoms with E-state index in [1.807, 2.05) is 13.1 Å². The van der Waals surface area contributed by atoms with E-state index in [2.05, 4.69) is 42.3 Å². The minimum Gasteiger partial charge on any atom is -0.309 e. The number of aryl methyl sites for hydroxylation is 2. The molecule has 2 aromatic rings. The molecule has 0 bridgehead atoms. The zero-order valence-corrected chi connectivity index (χ0v) is 11.6. The summed E-state index contributed by atoms with van der Waals surface area (Å²) < 4.78 is 0. The van der Waals surface area contributed by atoms with Crippen LogP contribution in [0.5, 0.6) is 0 Å². The highest BCUT2D eigenvalue weighted by atomic mass is 35.5. The second-order valence-corrected chi connectivity index (χ2v) is 4.89. The lowest BCUT2D eigenvalue weighted by Gasteiger charge is -2.20. The molecule has 18 heavy (non-hydrogen) atoms. The van der Waals surface area contributed by atoms with Crippen LogP contribution >= 0.6 is 11.6 Å². The first-order valence-corrected chi connectivity index (χ1v) is 6.35. The van der Waals surface area contributed by atoms with Crippen LogP contribution in [0.4, 0.5) is 0 Å². The normalized spacial score (nSPS) is 12.4. The number of aromatic nitrogens is 1. The molecule has 0 saturated heterocycles. The molecule has 1 heterocycles. The molecular weight excluding hydrogens is 244 g/mol. The molecule has 0 fully saturated rings. The SMILES string of the molecule is CNC(c1cc(C)ccc1C)c1ccncc1Cl. The van der Waals surface area contributed by atoms with Crippen LogP contribution in [-0.2, 0) is 0 Å². The predicted octanol–water partition coefficient (Wildman–Crippen LogP) is 3.66. The first-order valence-electron chi connectivity index (χ1n) is 5.97. The molecule has 0 saturated carbocycles. The number of nitrogens with one attached hydrogen (secondary N) is 1. The van der Waals surface area contributed by atoms with Gasteiger partial charge in [0.1, 0.15) is 0 Å². The summed E-state index contributed by atoms with van der Waals surface area (Å²) in [6.07, 6.45) is 3.46. The number of rotatable bonds is 3. The number of nitrogens with zero attached hydrogens (tertiary/aromatic N) is 1. The van der Waals surface area contributed by atoms with Crippen LogP contribution in [-0.4, -0.2) is 12.0 Å². The van der Waals surface area contributed by atoms with Crippen molar-refractivity contribution in [3.63, 3.8) is 0 Å². The zero-order chi connectivity index (χ0) is 13.1. The monoisotopic (exact) mass is 260 g/mol. The summed E-state index contributed by atoms with van der Waals surface area (Å²) >= 11 is 6.24. The highest BCUT2D eigenvalue weighted by Crippen LogP contribution is 2.29. The van der Waals surface area contributed by atoms with Gasteiger partial charge in [0, 0.05) is 12.4 Å². The van der Waals surface area contributed by atoms with Crippen molar-refractivity contribution in [1.29, 1.82) is 0 Å². The molecule has 2 rings (SSSR count). The van der Waals surface area contributed by atoms with Crippen LogP contribution in [0.3, 0.4) is 0 Å². The summed E-state index contributed by atoms with van der Waals surface area (Å²) in [5.41, 5.74) is 4.82. The van der Waals surface area contributed by atoms with Crippen molar-refractivity contribution in [3.8, 4) is 0 Å². The van der Waals surface area contributed by atoms with Gasteiger partial charge in [0.15, 0.2) is 0 Å². The van der Waals surface area contributed by atoms with Gasteiger partial charge >= 0.3 is 0 Å². The quantitative estimate of drug-likeness (QED) is 0.911. The third kappa shape index (κ3) is 2.55. The second kappa shape index (κ2) is 5.51. The van der Waals surface area contributed by atoms with Gasteiger partial charge in [0.05, 0.1) is 11.1 Å². The molecule has 1 unspecified atom stereocenters. The minimum absolute atomic E-state index is 0.0976. The minimum atomic E-state index is 0.0976. The van der Waals surface area contributed by atoms with Crippen LogP contribution < -0.4 is 5.32 Å². The van der Waals surface area contributed by atoms with E-state index in [4.69, 9.17) is 11.6 Å². The van der Waals surface area contributed by atoms with Gasteiger partial charge in [-0.2, -0.15) is 0 Å². The van der Waals surface area contributed by atoms with Crippen molar-refractivity contribution >= 4 is 11.6 Å². The standard InChI is InChI=1S/C15H17ClN2/c1-10-4-5-11(2)13(8-10)15(17-3)12-6-7-18-9-14(12)16/h4-9,15,17H,1-3H3. The first kappa shape index (κ1) is 13.1. The number of halogens is 1. The Hall–Kier alpha value is -1.38. The molecule has 1 N–H and O–H groups in total. The number of benzene rings is 1. The maximum absolute atomic E-state index is 6.24. The van der Waals surface area contributed by atoms with Crippen molar-refractivity contribution < 1.29 is 0 Å². The van der Waals surface area contributed by atoms with Gasteiger partial charge in [-0.15, -0.1) is 0 Å². The van der Waals surface area contributed by atoms with Gasteiger partial charge in [-0.1, -0.05) is 35.4 Å². The highest BCUT2D eigenvalue weighted by Gasteiger charge is 2.16. The van der Waals surface area contributed by atoms with Crippen LogP contribution in [0.1, 0.15) is 28.3 Å². The maximum Gasteiger partial charge on any atom is 0.0640 e. The highest BCUT2D eigenvalue weighted by molar-refractivity contribution is 6.31. The Labute approximate surface area is 113 Å². The molecule has 0 aliphatic heterocycles. The molecule has 2 nitrogen and oxygen atoms in total. The molecule has 1 aromatic carbocycles. The predicted molar refractivity (Wildman–Crippen MR) is 76.1 cm³/mol. The van der Waals surface area contributed by atoms with Crippen LogP contribution in [0.15, 0.2) is 36.7 Å². The van der Waals surface area contributed by atoms with Crippen molar-refractivity contribution in [1.82, 2.24) is 10.3 Å². The molecular formula is C15H17ClN2. The van der Waals surface area contributed by atoms with Crippen LogP contribution in [0.25, 0.3) is 0 Å². The third-order valence-electron chi connectivity index (χ3n) is 3.15. The van der Waals surface area contributed by atoms with E-state index >= 15 is 0 Å². The van der Waals surface area contributed by atoms with Gasteiger partial charge in [0.2, 0.25) is 0 Å². The molecule has 0 aliphatic carbocycles. The summed E-state index contributed by atoms with van der Waals surface area (Å²) in [4.78, 5) is 4.04. The van der Waals surface area contributed by atoms with Crippen molar-refractivity contribution in [2.24, 2.45) is 0 Å². The van der Waals surface area contributed by atoms with E-state index in [-0.39, 0.29) is 6.04 Å². The Balaban J connectivity index is 2.52. The van der Waals surface area contributed by atoms with E-state index in [1.54, 1.807) is 12.4 Å². The van der Waals surface area contributed by atoms with Crippen molar-refractivity contribution in [3.05, 3.63) is 63.9 Å². The van der Waals surface area contributed by atoms with Crippen molar-refractivity contribution in [2.45, 2.75) is 19.9 Å². The average Bonchev–Trinajstić information content (AvgIpc) is 2.36. The Morgan fingerprint density at radius 2 is 1.94 bits per heavy atom. The third-order valence-corrected chi connectivity index (χ3v) is 3.47. The fraction of sp³-hybridized carbons (Fsp3) is 0.267. The Morgan fingerprint density at radius 1 is 1.17 bits per heavy atom. The molecule has 1 aromatic heterocycles. The summed E-state index contributed by atoms with van der Waals surface area (Å²) in [7, 11) is 1.95. The Kier molecular flexibility index (Phi) is 4.00. The number of pyridine rings is 1. The maximum atomic E-state index is 6.24. The van der Waals surface area contributed by atoms with E-state index in [0.717, 1.165) is 5.56 Å². The van der Waals surface area contributed by atoms with Gasteiger partial charge in [-0.25, -0.2) is 0 Å². The molecule has 0 aliphatic rings. The molecule has 1 atom stereocenters. The Bertz CT molecular complexity index is 552. The fourth-order valence-electron chi connectivity index (χ4n) is 2.17. The molecule has 3 heteroatoms. The number of hydrogen-bond acceptors (Lipinski definition) is 2. The van der Waals surface area contributed by atoms with Gasteiger partial charge in [0.25, 0.3) is 0 Å². The summed E-state index contributed by atoms with van der Waals surface area (Å²) in [5, 5.41) is 4.02. The molecule has 0 radical (unpaired) electrons. The first-order chi connectivity index (χ1) is 8.63. The van der Waals surface area contributed by atoms with Gasteiger partial charge < -0.3 is 5.32 Å². The van der Waals surface area contributed by atoms with Gasteiger partial charge in [-0.05, 0) is 43.7 Å². The molecule has 0 spiro atoms. The summed E-state index contributed by atoms with van der Waals surface area (Å²) in [6.45, 7) is 4.22. The smallest absolute Gasteiger partial charge is 0.0640 e.